The number of likely N-dealkylation sites (tertiary alicyclic amines) is 1. The number of amides is 2. The number of nitrogens with zero attached hydrogens (tertiary/aromatic N) is 2. The molecule has 0 saturated carbocycles. The fraction of sp³-hybridized carbons (Fsp3) is 0.867. The zero-order valence-electron chi connectivity index (χ0n) is 12.9. The molecule has 21 heavy (non-hydrogen) atoms. The van der Waals surface area contributed by atoms with Crippen LogP contribution in [-0.4, -0.2) is 74.0 Å². The standard InChI is InChI=1S/C15H28N4O2/c20-14(13-19-10-3-1-2-5-15(19)21)17-6-4-9-18-11-7-16-8-12-18/h16H,1-13H2,(H,17,20). The molecule has 0 unspecified atom stereocenters. The zero-order valence-corrected chi connectivity index (χ0v) is 12.9. The number of hydrogen-bond acceptors (Lipinski definition) is 4. The van der Waals surface area contributed by atoms with E-state index < -0.39 is 0 Å². The normalized spacial score (nSPS) is 21.1. The number of carbonyl (C=O) groups is 2. The molecule has 2 aliphatic rings. The average molecular weight is 296 g/mol. The predicted octanol–water partition coefficient (Wildman–Crippen LogP) is -0.199. The molecule has 6 heteroatoms. The Bertz CT molecular complexity index is 343. The highest BCUT2D eigenvalue weighted by molar-refractivity contribution is 5.84. The fourth-order valence-corrected chi connectivity index (χ4v) is 2.90. The summed E-state index contributed by atoms with van der Waals surface area (Å²) in [5, 5.41) is 6.26. The third kappa shape index (κ3) is 6.01. The van der Waals surface area contributed by atoms with Crippen LogP contribution >= 0.6 is 0 Å². The summed E-state index contributed by atoms with van der Waals surface area (Å²) in [7, 11) is 0. The van der Waals surface area contributed by atoms with Gasteiger partial charge in [-0.05, 0) is 25.8 Å². The first-order chi connectivity index (χ1) is 10.3. The van der Waals surface area contributed by atoms with Crippen LogP contribution in [0.3, 0.4) is 0 Å². The Balaban J connectivity index is 1.57. The second-order valence-electron chi connectivity index (χ2n) is 5.92. The lowest BCUT2D eigenvalue weighted by Crippen LogP contribution is -2.44. The largest absolute Gasteiger partial charge is 0.355 e. The van der Waals surface area contributed by atoms with Crippen LogP contribution in [0, 0.1) is 0 Å². The van der Waals surface area contributed by atoms with Crippen LogP contribution in [0.4, 0.5) is 0 Å². The summed E-state index contributed by atoms with van der Waals surface area (Å²) in [5.41, 5.74) is 0. The molecule has 2 saturated heterocycles. The molecule has 120 valence electrons. The first-order valence-corrected chi connectivity index (χ1v) is 8.23. The molecule has 2 heterocycles. The van der Waals surface area contributed by atoms with E-state index in [0.29, 0.717) is 13.0 Å². The quantitative estimate of drug-likeness (QED) is 0.666. The lowest BCUT2D eigenvalue weighted by atomic mass is 10.2. The van der Waals surface area contributed by atoms with Gasteiger partial charge in [0.05, 0.1) is 6.54 Å². The Labute approximate surface area is 127 Å². The van der Waals surface area contributed by atoms with Gasteiger partial charge in [0, 0.05) is 45.7 Å². The number of carbonyl (C=O) groups excluding carboxylic acids is 2. The molecular weight excluding hydrogens is 268 g/mol. The zero-order chi connectivity index (χ0) is 14.9. The van der Waals surface area contributed by atoms with E-state index in [4.69, 9.17) is 0 Å². The van der Waals surface area contributed by atoms with Crippen LogP contribution in [-0.2, 0) is 9.59 Å². The smallest absolute Gasteiger partial charge is 0.239 e. The highest BCUT2D eigenvalue weighted by Crippen LogP contribution is 2.10. The van der Waals surface area contributed by atoms with Crippen molar-refractivity contribution in [2.24, 2.45) is 0 Å². The highest BCUT2D eigenvalue weighted by Gasteiger charge is 2.18. The van der Waals surface area contributed by atoms with Crippen LogP contribution < -0.4 is 10.6 Å². The molecule has 2 amide bonds. The van der Waals surface area contributed by atoms with Crippen LogP contribution in [0.15, 0.2) is 0 Å². The van der Waals surface area contributed by atoms with Gasteiger partial charge in [0.1, 0.15) is 0 Å². The Kier molecular flexibility index (Phi) is 6.95. The molecule has 0 atom stereocenters. The minimum Gasteiger partial charge on any atom is -0.355 e. The summed E-state index contributed by atoms with van der Waals surface area (Å²) in [6, 6.07) is 0. The maximum absolute atomic E-state index is 11.9. The van der Waals surface area contributed by atoms with Crippen LogP contribution in [0.2, 0.25) is 0 Å². The predicted molar refractivity (Wildman–Crippen MR) is 82.0 cm³/mol. The van der Waals surface area contributed by atoms with Crippen LogP contribution in [0.5, 0.6) is 0 Å². The van der Waals surface area contributed by atoms with E-state index in [2.05, 4.69) is 15.5 Å². The summed E-state index contributed by atoms with van der Waals surface area (Å²) >= 11 is 0. The van der Waals surface area contributed by atoms with Gasteiger partial charge in [0.15, 0.2) is 0 Å². The molecule has 0 aromatic carbocycles. The Morgan fingerprint density at radius 1 is 1.14 bits per heavy atom. The summed E-state index contributed by atoms with van der Waals surface area (Å²) in [6.45, 7) is 6.99. The first-order valence-electron chi connectivity index (χ1n) is 8.23. The van der Waals surface area contributed by atoms with Gasteiger partial charge >= 0.3 is 0 Å². The Hall–Kier alpha value is -1.14. The van der Waals surface area contributed by atoms with Crippen molar-refractivity contribution in [3.8, 4) is 0 Å². The van der Waals surface area contributed by atoms with Crippen molar-refractivity contribution < 1.29 is 9.59 Å². The van der Waals surface area contributed by atoms with E-state index in [1.807, 2.05) is 0 Å². The SMILES string of the molecule is O=C(CN1CCCCCC1=O)NCCCN1CCNCC1. The summed E-state index contributed by atoms with van der Waals surface area (Å²) in [4.78, 5) is 27.8. The number of piperazine rings is 1. The summed E-state index contributed by atoms with van der Waals surface area (Å²) in [6.07, 6.45) is 4.63. The van der Waals surface area contributed by atoms with E-state index in [1.54, 1.807) is 4.90 Å². The van der Waals surface area contributed by atoms with E-state index in [9.17, 15) is 9.59 Å². The van der Waals surface area contributed by atoms with Gasteiger partial charge in [-0.25, -0.2) is 0 Å². The van der Waals surface area contributed by atoms with E-state index in [1.165, 1.54) is 0 Å². The van der Waals surface area contributed by atoms with Gasteiger partial charge in [-0.2, -0.15) is 0 Å². The number of nitrogens with one attached hydrogen (secondary N) is 2. The van der Waals surface area contributed by atoms with Crippen molar-refractivity contribution in [2.75, 3.05) is 52.4 Å². The van der Waals surface area contributed by atoms with Gasteiger partial charge in [0.2, 0.25) is 11.8 Å². The number of rotatable bonds is 6. The summed E-state index contributed by atoms with van der Waals surface area (Å²) < 4.78 is 0. The van der Waals surface area contributed by atoms with Crippen LogP contribution in [0.25, 0.3) is 0 Å². The number of hydrogen-bond donors (Lipinski definition) is 2. The third-order valence-electron chi connectivity index (χ3n) is 4.19. The van der Waals surface area contributed by atoms with Crippen molar-refractivity contribution >= 4 is 11.8 Å². The van der Waals surface area contributed by atoms with Crippen molar-refractivity contribution in [1.29, 1.82) is 0 Å². The minimum atomic E-state index is -0.0226. The van der Waals surface area contributed by atoms with Gasteiger partial charge in [-0.3, -0.25) is 9.59 Å². The monoisotopic (exact) mass is 296 g/mol. The second-order valence-corrected chi connectivity index (χ2v) is 5.92. The average Bonchev–Trinajstić information content (AvgIpc) is 2.70. The molecule has 0 aromatic rings. The van der Waals surface area contributed by atoms with Crippen molar-refractivity contribution in [3.05, 3.63) is 0 Å². The van der Waals surface area contributed by atoms with E-state index in [-0.39, 0.29) is 18.4 Å². The van der Waals surface area contributed by atoms with Crippen molar-refractivity contribution in [1.82, 2.24) is 20.4 Å². The maximum Gasteiger partial charge on any atom is 0.239 e. The topological polar surface area (TPSA) is 64.7 Å². The molecule has 0 radical (unpaired) electrons. The molecule has 0 bridgehead atoms. The molecule has 0 aromatic heterocycles. The first kappa shape index (κ1) is 16.2. The Morgan fingerprint density at radius 3 is 2.76 bits per heavy atom. The van der Waals surface area contributed by atoms with E-state index in [0.717, 1.165) is 65.0 Å². The van der Waals surface area contributed by atoms with Gasteiger partial charge in [-0.1, -0.05) is 6.42 Å². The molecule has 2 fully saturated rings. The van der Waals surface area contributed by atoms with Gasteiger partial charge in [-0.15, -0.1) is 0 Å². The highest BCUT2D eigenvalue weighted by atomic mass is 16.2. The fourth-order valence-electron chi connectivity index (χ4n) is 2.90. The third-order valence-corrected chi connectivity index (χ3v) is 4.19. The molecular formula is C15H28N4O2. The lowest BCUT2D eigenvalue weighted by Gasteiger charge is -2.27. The molecule has 2 rings (SSSR count). The van der Waals surface area contributed by atoms with Crippen molar-refractivity contribution in [2.45, 2.75) is 32.1 Å². The summed E-state index contributed by atoms with van der Waals surface area (Å²) in [5.74, 6) is 0.106. The molecule has 2 N–H and O–H groups in total. The molecule has 6 nitrogen and oxygen atoms in total. The lowest BCUT2D eigenvalue weighted by molar-refractivity contribution is -0.135. The van der Waals surface area contributed by atoms with Gasteiger partial charge < -0.3 is 20.4 Å². The van der Waals surface area contributed by atoms with Crippen LogP contribution in [0.1, 0.15) is 32.1 Å². The molecule has 0 spiro atoms. The molecule has 0 aliphatic carbocycles. The Morgan fingerprint density at radius 2 is 1.95 bits per heavy atom. The van der Waals surface area contributed by atoms with Gasteiger partial charge in [0.25, 0.3) is 0 Å². The molecule has 2 aliphatic heterocycles. The second kappa shape index (κ2) is 9.00. The minimum absolute atomic E-state index is 0.0226. The maximum atomic E-state index is 11.9. The van der Waals surface area contributed by atoms with Crippen molar-refractivity contribution in [3.63, 3.8) is 0 Å². The van der Waals surface area contributed by atoms with E-state index >= 15 is 0 Å².